The van der Waals surface area contributed by atoms with Gasteiger partial charge in [-0.25, -0.2) is 4.98 Å². The van der Waals surface area contributed by atoms with Crippen LogP contribution < -0.4 is 10.6 Å². The molecule has 2 N–H and O–H groups in total. The maximum absolute atomic E-state index is 12.4. The number of amides is 1. The Morgan fingerprint density at radius 1 is 1.07 bits per heavy atom. The number of para-hydroxylation sites is 1. The number of carbonyl (C=O) groups is 1. The molecule has 5 rings (SSSR count). The lowest BCUT2D eigenvalue weighted by Gasteiger charge is -2.22. The fourth-order valence-corrected chi connectivity index (χ4v) is 5.85. The molecule has 0 saturated carbocycles. The van der Waals surface area contributed by atoms with Gasteiger partial charge >= 0.3 is 0 Å². The molecule has 1 aliphatic rings. The van der Waals surface area contributed by atoms with Gasteiger partial charge in [-0.2, -0.15) is 0 Å². The van der Waals surface area contributed by atoms with Gasteiger partial charge in [0.25, 0.3) is 0 Å². The molecule has 2 aromatic heterocycles. The Kier molecular flexibility index (Phi) is 3.95. The highest BCUT2D eigenvalue weighted by molar-refractivity contribution is 7.19. The van der Waals surface area contributed by atoms with Crippen LogP contribution in [0.5, 0.6) is 0 Å². The lowest BCUT2D eigenvalue weighted by atomic mass is 9.89. The highest BCUT2D eigenvalue weighted by Gasteiger charge is 2.33. The van der Waals surface area contributed by atoms with Crippen molar-refractivity contribution < 1.29 is 4.79 Å². The van der Waals surface area contributed by atoms with E-state index in [1.165, 1.54) is 20.5 Å². The van der Waals surface area contributed by atoms with Crippen LogP contribution in [-0.2, 0) is 4.79 Å². The van der Waals surface area contributed by atoms with Crippen molar-refractivity contribution in [2.75, 3.05) is 10.6 Å². The number of nitrogens with one attached hydrogen (secondary N) is 2. The topological polar surface area (TPSA) is 54.0 Å². The van der Waals surface area contributed by atoms with Gasteiger partial charge < -0.3 is 10.6 Å². The summed E-state index contributed by atoms with van der Waals surface area (Å²) in [6, 6.07) is 18.4. The quantitative estimate of drug-likeness (QED) is 0.458. The Bertz CT molecular complexity index is 1150. The van der Waals surface area contributed by atoms with Gasteiger partial charge in [0.1, 0.15) is 5.82 Å². The third-order valence-corrected chi connectivity index (χ3v) is 7.00. The van der Waals surface area contributed by atoms with Crippen molar-refractivity contribution in [3.63, 3.8) is 0 Å². The molecule has 0 saturated heterocycles. The van der Waals surface area contributed by atoms with Crippen LogP contribution in [0.15, 0.2) is 54.6 Å². The van der Waals surface area contributed by atoms with Crippen molar-refractivity contribution in [3.8, 4) is 0 Å². The molecular formula is C21H17N3OS2. The fourth-order valence-electron chi connectivity index (χ4n) is 3.67. The number of anilines is 3. The van der Waals surface area contributed by atoms with Crippen LogP contribution in [0.1, 0.15) is 27.7 Å². The van der Waals surface area contributed by atoms with E-state index >= 15 is 0 Å². The Balaban J connectivity index is 1.59. The van der Waals surface area contributed by atoms with Gasteiger partial charge in [-0.1, -0.05) is 47.7 Å². The summed E-state index contributed by atoms with van der Waals surface area (Å²) in [7, 11) is 0. The second kappa shape index (κ2) is 6.48. The number of aromatic nitrogens is 1. The van der Waals surface area contributed by atoms with E-state index < -0.39 is 0 Å². The molecule has 0 bridgehead atoms. The maximum atomic E-state index is 12.4. The summed E-state index contributed by atoms with van der Waals surface area (Å²) in [6.45, 7) is 2.15. The lowest BCUT2D eigenvalue weighted by molar-refractivity contribution is -0.116. The van der Waals surface area contributed by atoms with E-state index in [0.29, 0.717) is 12.2 Å². The first kappa shape index (κ1) is 16.5. The molecule has 134 valence electrons. The molecule has 1 amide bonds. The predicted octanol–water partition coefficient (Wildman–Crippen LogP) is 5.88. The van der Waals surface area contributed by atoms with Crippen molar-refractivity contribution in [1.82, 2.24) is 4.98 Å². The van der Waals surface area contributed by atoms with Crippen molar-refractivity contribution in [3.05, 3.63) is 69.9 Å². The number of hydrogen-bond acceptors (Lipinski definition) is 5. The number of carbonyl (C=O) groups excluding carboxylic acids is 1. The van der Waals surface area contributed by atoms with Crippen molar-refractivity contribution >= 4 is 55.3 Å². The molecule has 1 atom stereocenters. The van der Waals surface area contributed by atoms with Crippen LogP contribution in [0.25, 0.3) is 10.1 Å². The molecule has 0 fully saturated rings. The van der Waals surface area contributed by atoms with Gasteiger partial charge in [0.15, 0.2) is 5.13 Å². The van der Waals surface area contributed by atoms with Crippen molar-refractivity contribution in [1.29, 1.82) is 0 Å². The molecule has 1 unspecified atom stereocenters. The Hall–Kier alpha value is -2.70. The zero-order chi connectivity index (χ0) is 18.4. The second-order valence-corrected chi connectivity index (χ2v) is 8.88. The Morgan fingerprint density at radius 3 is 2.70 bits per heavy atom. The lowest BCUT2D eigenvalue weighted by Crippen LogP contribution is -2.22. The summed E-state index contributed by atoms with van der Waals surface area (Å²) in [5, 5.41) is 8.35. The van der Waals surface area contributed by atoms with Gasteiger partial charge in [0.05, 0.1) is 4.88 Å². The minimum Gasteiger partial charge on any atom is -0.331 e. The number of rotatable bonds is 3. The minimum absolute atomic E-state index is 0.0266. The second-order valence-electron chi connectivity index (χ2n) is 6.60. The molecule has 2 aromatic carbocycles. The molecule has 4 aromatic rings. The average molecular weight is 392 g/mol. The van der Waals surface area contributed by atoms with Crippen LogP contribution in [0.4, 0.5) is 16.6 Å². The van der Waals surface area contributed by atoms with Crippen LogP contribution in [0.3, 0.4) is 0 Å². The standard InChI is InChI=1S/C21H17N3OS2/c1-12-18(14-9-5-6-10-16(14)26-12)15-11-17(25)23-20-19(15)27-21(24-20)22-13-7-3-2-4-8-13/h2-10,15H,11H2,1H3,(H,22,24)(H,23,25). The van der Waals surface area contributed by atoms with Gasteiger partial charge in [-0.05, 0) is 36.1 Å². The number of aryl methyl sites for hydroxylation is 1. The fraction of sp³-hybridized carbons (Fsp3) is 0.143. The molecule has 6 heteroatoms. The molecule has 4 nitrogen and oxygen atoms in total. The van der Waals surface area contributed by atoms with E-state index in [-0.39, 0.29) is 11.8 Å². The molecule has 0 aliphatic carbocycles. The molecule has 27 heavy (non-hydrogen) atoms. The number of thiazole rings is 1. The number of thiophene rings is 1. The number of fused-ring (bicyclic) bond motifs is 2. The van der Waals surface area contributed by atoms with E-state index in [2.05, 4.69) is 46.8 Å². The summed E-state index contributed by atoms with van der Waals surface area (Å²) in [5.41, 5.74) is 2.25. The highest BCUT2D eigenvalue weighted by atomic mass is 32.1. The average Bonchev–Trinajstić information content (AvgIpc) is 3.21. The summed E-state index contributed by atoms with van der Waals surface area (Å²) >= 11 is 3.42. The highest BCUT2D eigenvalue weighted by Crippen LogP contribution is 2.47. The molecule has 0 spiro atoms. The molecular weight excluding hydrogens is 374 g/mol. The SMILES string of the molecule is Cc1sc2ccccc2c1C1CC(=O)Nc2nc(Nc3ccccc3)sc21. The number of nitrogens with zero attached hydrogens (tertiary/aromatic N) is 1. The normalized spacial score (nSPS) is 16.2. The monoisotopic (exact) mass is 391 g/mol. The minimum atomic E-state index is 0.0266. The molecule has 0 radical (unpaired) electrons. The van der Waals surface area contributed by atoms with Crippen molar-refractivity contribution in [2.24, 2.45) is 0 Å². The van der Waals surface area contributed by atoms with Crippen LogP contribution in [0.2, 0.25) is 0 Å². The van der Waals surface area contributed by atoms with Gasteiger partial charge in [0.2, 0.25) is 5.91 Å². The zero-order valence-corrected chi connectivity index (χ0v) is 16.3. The summed E-state index contributed by atoms with van der Waals surface area (Å²) < 4.78 is 1.27. The van der Waals surface area contributed by atoms with E-state index in [9.17, 15) is 4.79 Å². The number of benzene rings is 2. The van der Waals surface area contributed by atoms with Crippen molar-refractivity contribution in [2.45, 2.75) is 19.3 Å². The van der Waals surface area contributed by atoms with Gasteiger partial charge in [0, 0.05) is 27.6 Å². The van der Waals surface area contributed by atoms with Gasteiger partial charge in [-0.3, -0.25) is 4.79 Å². The van der Waals surface area contributed by atoms with E-state index in [0.717, 1.165) is 15.7 Å². The molecule has 1 aliphatic heterocycles. The van der Waals surface area contributed by atoms with E-state index in [1.54, 1.807) is 22.7 Å². The van der Waals surface area contributed by atoms with Crippen LogP contribution >= 0.6 is 22.7 Å². The summed E-state index contributed by atoms with van der Waals surface area (Å²) in [6.07, 6.45) is 0.460. The Morgan fingerprint density at radius 2 is 1.85 bits per heavy atom. The van der Waals surface area contributed by atoms with Crippen LogP contribution in [0, 0.1) is 6.92 Å². The third-order valence-electron chi connectivity index (χ3n) is 4.81. The Labute approximate surface area is 164 Å². The first-order valence-corrected chi connectivity index (χ1v) is 10.4. The number of hydrogen-bond donors (Lipinski definition) is 2. The smallest absolute Gasteiger partial charge is 0.226 e. The predicted molar refractivity (Wildman–Crippen MR) is 113 cm³/mol. The molecule has 3 heterocycles. The largest absolute Gasteiger partial charge is 0.331 e. The summed E-state index contributed by atoms with van der Waals surface area (Å²) in [5.74, 6) is 0.766. The van der Waals surface area contributed by atoms with Crippen LogP contribution in [-0.4, -0.2) is 10.9 Å². The first-order chi connectivity index (χ1) is 13.2. The van der Waals surface area contributed by atoms with Gasteiger partial charge in [-0.15, -0.1) is 11.3 Å². The van der Waals surface area contributed by atoms with E-state index in [1.807, 2.05) is 30.3 Å². The third kappa shape index (κ3) is 2.91. The first-order valence-electron chi connectivity index (χ1n) is 8.80. The maximum Gasteiger partial charge on any atom is 0.226 e. The zero-order valence-electron chi connectivity index (χ0n) is 14.7. The van der Waals surface area contributed by atoms with E-state index in [4.69, 9.17) is 0 Å². The summed E-state index contributed by atoms with van der Waals surface area (Å²) in [4.78, 5) is 19.4.